The molecule has 0 saturated carbocycles. The molecular formula is C14H9Br2NO. The summed E-state index contributed by atoms with van der Waals surface area (Å²) in [6, 6.07) is 13.2. The maximum Gasteiger partial charge on any atom is 0.146 e. The molecule has 18 heavy (non-hydrogen) atoms. The molecule has 0 aliphatic heterocycles. The number of halogens is 2. The van der Waals surface area contributed by atoms with E-state index in [-0.39, 0.29) is 0 Å². The van der Waals surface area contributed by atoms with Crippen molar-refractivity contribution in [2.45, 2.75) is 6.92 Å². The Kier molecular flexibility index (Phi) is 4.05. The number of rotatable bonds is 2. The standard InChI is InChI=1S/C14H9Br2NO/c1-9-2-5-13(12(16)6-9)18-14-7-11(15)4-3-10(14)8-17/h2-7H,1H3. The molecule has 0 atom stereocenters. The van der Waals surface area contributed by atoms with Gasteiger partial charge in [-0.05, 0) is 58.7 Å². The van der Waals surface area contributed by atoms with Gasteiger partial charge in [-0.2, -0.15) is 5.26 Å². The van der Waals surface area contributed by atoms with Crippen LogP contribution in [0.2, 0.25) is 0 Å². The highest BCUT2D eigenvalue weighted by Crippen LogP contribution is 2.33. The molecule has 0 saturated heterocycles. The number of benzene rings is 2. The van der Waals surface area contributed by atoms with E-state index < -0.39 is 0 Å². The number of ether oxygens (including phenoxy) is 1. The fourth-order valence-corrected chi connectivity index (χ4v) is 2.39. The van der Waals surface area contributed by atoms with Crippen molar-refractivity contribution in [1.82, 2.24) is 0 Å². The molecule has 0 amide bonds. The van der Waals surface area contributed by atoms with Crippen molar-refractivity contribution in [2.75, 3.05) is 0 Å². The normalized spacial score (nSPS) is 9.89. The molecular weight excluding hydrogens is 358 g/mol. The van der Waals surface area contributed by atoms with Crippen LogP contribution in [0.25, 0.3) is 0 Å². The smallest absolute Gasteiger partial charge is 0.146 e. The predicted molar refractivity (Wildman–Crippen MR) is 77.8 cm³/mol. The minimum Gasteiger partial charge on any atom is -0.455 e. The van der Waals surface area contributed by atoms with E-state index in [9.17, 15) is 0 Å². The maximum absolute atomic E-state index is 9.04. The third-order valence-corrected chi connectivity index (χ3v) is 3.48. The van der Waals surface area contributed by atoms with E-state index in [0.29, 0.717) is 17.1 Å². The van der Waals surface area contributed by atoms with Crippen molar-refractivity contribution in [3.8, 4) is 17.6 Å². The van der Waals surface area contributed by atoms with Crippen molar-refractivity contribution in [3.05, 3.63) is 56.5 Å². The van der Waals surface area contributed by atoms with Gasteiger partial charge in [-0.25, -0.2) is 0 Å². The first-order chi connectivity index (χ1) is 8.60. The second kappa shape index (κ2) is 5.55. The Balaban J connectivity index is 2.40. The Morgan fingerprint density at radius 1 is 1.06 bits per heavy atom. The van der Waals surface area contributed by atoms with Crippen LogP contribution >= 0.6 is 31.9 Å². The highest BCUT2D eigenvalue weighted by Gasteiger charge is 2.08. The summed E-state index contributed by atoms with van der Waals surface area (Å²) in [6.07, 6.45) is 0. The van der Waals surface area contributed by atoms with Crippen LogP contribution in [-0.2, 0) is 0 Å². The third kappa shape index (κ3) is 2.92. The Morgan fingerprint density at radius 3 is 2.50 bits per heavy atom. The Morgan fingerprint density at radius 2 is 1.83 bits per heavy atom. The van der Waals surface area contributed by atoms with Gasteiger partial charge in [-0.1, -0.05) is 22.0 Å². The monoisotopic (exact) mass is 365 g/mol. The van der Waals surface area contributed by atoms with Gasteiger partial charge in [0.05, 0.1) is 10.0 Å². The van der Waals surface area contributed by atoms with E-state index in [1.807, 2.05) is 31.2 Å². The van der Waals surface area contributed by atoms with E-state index in [1.54, 1.807) is 12.1 Å². The summed E-state index contributed by atoms with van der Waals surface area (Å²) in [5.41, 5.74) is 1.65. The third-order valence-electron chi connectivity index (χ3n) is 2.37. The molecule has 4 heteroatoms. The molecule has 0 aliphatic rings. The van der Waals surface area contributed by atoms with Gasteiger partial charge in [0.2, 0.25) is 0 Å². The van der Waals surface area contributed by atoms with E-state index in [1.165, 1.54) is 0 Å². The van der Waals surface area contributed by atoms with Crippen LogP contribution in [0.4, 0.5) is 0 Å². The van der Waals surface area contributed by atoms with Crippen molar-refractivity contribution in [3.63, 3.8) is 0 Å². The fraction of sp³-hybridized carbons (Fsp3) is 0.0714. The summed E-state index contributed by atoms with van der Waals surface area (Å²) in [6.45, 7) is 2.01. The van der Waals surface area contributed by atoms with Gasteiger partial charge >= 0.3 is 0 Å². The summed E-state index contributed by atoms with van der Waals surface area (Å²) >= 11 is 6.82. The van der Waals surface area contributed by atoms with Crippen molar-refractivity contribution >= 4 is 31.9 Å². The molecule has 90 valence electrons. The minimum absolute atomic E-state index is 0.505. The summed E-state index contributed by atoms with van der Waals surface area (Å²) in [4.78, 5) is 0. The topological polar surface area (TPSA) is 33.0 Å². The van der Waals surface area contributed by atoms with Gasteiger partial charge in [0.15, 0.2) is 0 Å². The molecule has 0 N–H and O–H groups in total. The number of nitriles is 1. The molecule has 0 aromatic heterocycles. The van der Waals surface area contributed by atoms with Gasteiger partial charge in [0, 0.05) is 4.47 Å². The second-order valence-electron chi connectivity index (χ2n) is 3.79. The van der Waals surface area contributed by atoms with Gasteiger partial charge in [0.25, 0.3) is 0 Å². The van der Waals surface area contributed by atoms with Crippen LogP contribution in [0.3, 0.4) is 0 Å². The molecule has 2 nitrogen and oxygen atoms in total. The second-order valence-corrected chi connectivity index (χ2v) is 5.56. The first-order valence-electron chi connectivity index (χ1n) is 5.24. The summed E-state index contributed by atoms with van der Waals surface area (Å²) in [5, 5.41) is 9.04. The van der Waals surface area contributed by atoms with Gasteiger partial charge in [0.1, 0.15) is 17.6 Å². The number of aryl methyl sites for hydroxylation is 1. The van der Waals surface area contributed by atoms with Crippen LogP contribution in [0.1, 0.15) is 11.1 Å². The molecule has 0 radical (unpaired) electrons. The molecule has 0 aliphatic carbocycles. The average molecular weight is 367 g/mol. The number of hydrogen-bond acceptors (Lipinski definition) is 2. The molecule has 0 bridgehead atoms. The largest absolute Gasteiger partial charge is 0.455 e. The molecule has 0 spiro atoms. The highest BCUT2D eigenvalue weighted by atomic mass is 79.9. The SMILES string of the molecule is Cc1ccc(Oc2cc(Br)ccc2C#N)c(Br)c1. The lowest BCUT2D eigenvalue weighted by Crippen LogP contribution is -1.89. The molecule has 0 heterocycles. The molecule has 2 rings (SSSR count). The van der Waals surface area contributed by atoms with Crippen molar-refractivity contribution in [2.24, 2.45) is 0 Å². The molecule has 2 aromatic rings. The average Bonchev–Trinajstić information content (AvgIpc) is 2.33. The lowest BCUT2D eigenvalue weighted by atomic mass is 10.2. The lowest BCUT2D eigenvalue weighted by molar-refractivity contribution is 0.477. The number of nitrogens with zero attached hydrogens (tertiary/aromatic N) is 1. The summed E-state index contributed by atoms with van der Waals surface area (Å²) < 4.78 is 7.51. The van der Waals surface area contributed by atoms with E-state index in [2.05, 4.69) is 37.9 Å². The summed E-state index contributed by atoms with van der Waals surface area (Å²) in [7, 11) is 0. The highest BCUT2D eigenvalue weighted by molar-refractivity contribution is 9.10. The van der Waals surface area contributed by atoms with Crippen molar-refractivity contribution in [1.29, 1.82) is 5.26 Å². The van der Waals surface area contributed by atoms with Gasteiger partial charge < -0.3 is 4.74 Å². The zero-order valence-corrected chi connectivity index (χ0v) is 12.7. The van der Waals surface area contributed by atoms with Gasteiger partial charge in [-0.3, -0.25) is 0 Å². The predicted octanol–water partition coefficient (Wildman–Crippen LogP) is 5.18. The number of hydrogen-bond donors (Lipinski definition) is 0. The van der Waals surface area contributed by atoms with E-state index >= 15 is 0 Å². The van der Waals surface area contributed by atoms with E-state index in [0.717, 1.165) is 14.5 Å². The Hall–Kier alpha value is -1.31. The van der Waals surface area contributed by atoms with E-state index in [4.69, 9.17) is 10.00 Å². The fourth-order valence-electron chi connectivity index (χ4n) is 1.48. The molecule has 2 aromatic carbocycles. The molecule has 0 unspecified atom stereocenters. The minimum atomic E-state index is 0.505. The first-order valence-corrected chi connectivity index (χ1v) is 6.82. The summed E-state index contributed by atoms with van der Waals surface area (Å²) in [5.74, 6) is 1.23. The van der Waals surface area contributed by atoms with Gasteiger partial charge in [-0.15, -0.1) is 0 Å². The van der Waals surface area contributed by atoms with Crippen LogP contribution in [0, 0.1) is 18.3 Å². The zero-order chi connectivity index (χ0) is 13.1. The maximum atomic E-state index is 9.04. The Bertz CT molecular complexity index is 632. The molecule has 0 fully saturated rings. The Labute approximate surface area is 122 Å². The van der Waals surface area contributed by atoms with Crippen LogP contribution < -0.4 is 4.74 Å². The van der Waals surface area contributed by atoms with Crippen LogP contribution in [-0.4, -0.2) is 0 Å². The van der Waals surface area contributed by atoms with Crippen LogP contribution in [0.5, 0.6) is 11.5 Å². The lowest BCUT2D eigenvalue weighted by Gasteiger charge is -2.10. The van der Waals surface area contributed by atoms with Crippen LogP contribution in [0.15, 0.2) is 45.3 Å². The zero-order valence-electron chi connectivity index (χ0n) is 9.58. The van der Waals surface area contributed by atoms with Crippen molar-refractivity contribution < 1.29 is 4.74 Å². The quantitative estimate of drug-likeness (QED) is 0.733. The first kappa shape index (κ1) is 13.1.